The number of nitrogens with zero attached hydrogens (tertiary/aromatic N) is 4. The van der Waals surface area contributed by atoms with Gasteiger partial charge < -0.3 is 4.57 Å². The molecule has 0 atom stereocenters. The lowest BCUT2D eigenvalue weighted by molar-refractivity contribution is 0.775. The van der Waals surface area contributed by atoms with Crippen LogP contribution < -0.4 is 0 Å². The van der Waals surface area contributed by atoms with E-state index < -0.39 is 0 Å². The second-order valence-corrected chi connectivity index (χ2v) is 5.47. The summed E-state index contributed by atoms with van der Waals surface area (Å²) in [5.74, 6) is 0.935. The Morgan fingerprint density at radius 1 is 0.783 bits per heavy atom. The van der Waals surface area contributed by atoms with Crippen molar-refractivity contribution in [2.75, 3.05) is 0 Å². The van der Waals surface area contributed by atoms with E-state index in [1.54, 1.807) is 0 Å². The first-order valence-electron chi connectivity index (χ1n) is 7.54. The molecule has 0 aliphatic rings. The van der Waals surface area contributed by atoms with Crippen LogP contribution in [0.5, 0.6) is 0 Å². The van der Waals surface area contributed by atoms with Gasteiger partial charge in [-0.25, -0.2) is 0 Å². The van der Waals surface area contributed by atoms with Gasteiger partial charge in [0.05, 0.1) is 5.69 Å². The average molecular weight is 300 g/mol. The van der Waals surface area contributed by atoms with Crippen molar-refractivity contribution in [1.29, 1.82) is 0 Å². The SMILES string of the molecule is Cc1ccc(-c2nnn(-c3ccccc3)c2-n2cccc2)cc1. The summed E-state index contributed by atoms with van der Waals surface area (Å²) in [6.45, 7) is 2.08. The highest BCUT2D eigenvalue weighted by Gasteiger charge is 2.17. The largest absolute Gasteiger partial charge is 0.307 e. The molecular formula is C19H16N4. The summed E-state index contributed by atoms with van der Waals surface area (Å²) in [5.41, 5.74) is 4.14. The fraction of sp³-hybridized carbons (Fsp3) is 0.0526. The molecule has 4 aromatic rings. The van der Waals surface area contributed by atoms with E-state index in [1.807, 2.05) is 64.1 Å². The van der Waals surface area contributed by atoms with Gasteiger partial charge in [0.15, 0.2) is 5.82 Å². The molecule has 0 spiro atoms. The first-order valence-corrected chi connectivity index (χ1v) is 7.54. The van der Waals surface area contributed by atoms with Crippen molar-refractivity contribution >= 4 is 0 Å². The minimum atomic E-state index is 0.866. The van der Waals surface area contributed by atoms with Gasteiger partial charge in [-0.2, -0.15) is 4.68 Å². The lowest BCUT2D eigenvalue weighted by Crippen LogP contribution is -2.04. The molecule has 0 fully saturated rings. The number of hydrogen-bond donors (Lipinski definition) is 0. The molecule has 4 rings (SSSR count). The van der Waals surface area contributed by atoms with E-state index in [4.69, 9.17) is 0 Å². The molecule has 0 saturated carbocycles. The molecule has 4 heteroatoms. The summed E-state index contributed by atoms with van der Waals surface area (Å²) < 4.78 is 3.91. The van der Waals surface area contributed by atoms with Gasteiger partial charge >= 0.3 is 0 Å². The van der Waals surface area contributed by atoms with Crippen molar-refractivity contribution in [2.45, 2.75) is 6.92 Å². The summed E-state index contributed by atoms with van der Waals surface area (Å²) in [5, 5.41) is 8.83. The zero-order chi connectivity index (χ0) is 15.6. The molecule has 0 aliphatic carbocycles. The maximum atomic E-state index is 4.44. The van der Waals surface area contributed by atoms with Crippen LogP contribution in [-0.2, 0) is 0 Å². The molecule has 2 aromatic carbocycles. The third kappa shape index (κ3) is 2.44. The Bertz CT molecular complexity index is 904. The second kappa shape index (κ2) is 5.57. The Labute approximate surface area is 134 Å². The quantitative estimate of drug-likeness (QED) is 0.572. The molecule has 0 N–H and O–H groups in total. The Morgan fingerprint density at radius 2 is 1.48 bits per heavy atom. The van der Waals surface area contributed by atoms with Crippen molar-refractivity contribution in [3.8, 4) is 22.8 Å². The van der Waals surface area contributed by atoms with E-state index >= 15 is 0 Å². The number of para-hydroxylation sites is 1. The van der Waals surface area contributed by atoms with Gasteiger partial charge in [0.1, 0.15) is 5.69 Å². The monoisotopic (exact) mass is 300 g/mol. The summed E-state index contributed by atoms with van der Waals surface area (Å²) in [4.78, 5) is 0. The number of aryl methyl sites for hydroxylation is 1. The molecular weight excluding hydrogens is 284 g/mol. The normalized spacial score (nSPS) is 10.8. The van der Waals surface area contributed by atoms with Crippen LogP contribution in [0.2, 0.25) is 0 Å². The van der Waals surface area contributed by atoms with Crippen molar-refractivity contribution < 1.29 is 0 Å². The number of hydrogen-bond acceptors (Lipinski definition) is 2. The Balaban J connectivity index is 1.94. The number of aromatic nitrogens is 4. The Hall–Kier alpha value is -3.14. The van der Waals surface area contributed by atoms with Crippen molar-refractivity contribution in [1.82, 2.24) is 19.6 Å². The number of rotatable bonds is 3. The standard InChI is InChI=1S/C19H16N4/c1-15-9-11-16(12-10-15)18-19(22-13-5-6-14-22)23(21-20-18)17-7-3-2-4-8-17/h2-14H,1H3. The van der Waals surface area contributed by atoms with Gasteiger partial charge in [0, 0.05) is 18.0 Å². The third-order valence-electron chi connectivity index (χ3n) is 3.82. The maximum Gasteiger partial charge on any atom is 0.169 e. The van der Waals surface area contributed by atoms with E-state index in [2.05, 4.69) is 41.5 Å². The van der Waals surface area contributed by atoms with E-state index in [0.29, 0.717) is 0 Å². The van der Waals surface area contributed by atoms with Gasteiger partial charge in [-0.1, -0.05) is 53.2 Å². The fourth-order valence-corrected chi connectivity index (χ4v) is 2.63. The van der Waals surface area contributed by atoms with Gasteiger partial charge in [-0.15, -0.1) is 5.10 Å². The predicted octanol–water partition coefficient (Wildman–Crippen LogP) is 4.03. The molecule has 0 amide bonds. The Morgan fingerprint density at radius 3 is 2.17 bits per heavy atom. The van der Waals surface area contributed by atoms with Gasteiger partial charge in [-0.05, 0) is 31.2 Å². The van der Waals surface area contributed by atoms with Crippen LogP contribution in [0.3, 0.4) is 0 Å². The first-order chi connectivity index (χ1) is 11.3. The summed E-state index contributed by atoms with van der Waals surface area (Å²) in [6, 6.07) is 22.4. The smallest absolute Gasteiger partial charge is 0.169 e. The molecule has 2 heterocycles. The summed E-state index contributed by atoms with van der Waals surface area (Å²) >= 11 is 0. The maximum absolute atomic E-state index is 4.44. The minimum absolute atomic E-state index is 0.866. The highest BCUT2D eigenvalue weighted by Crippen LogP contribution is 2.26. The topological polar surface area (TPSA) is 35.6 Å². The van der Waals surface area contributed by atoms with E-state index in [1.165, 1.54) is 5.56 Å². The molecule has 4 nitrogen and oxygen atoms in total. The zero-order valence-electron chi connectivity index (χ0n) is 12.8. The second-order valence-electron chi connectivity index (χ2n) is 5.47. The molecule has 2 aromatic heterocycles. The van der Waals surface area contributed by atoms with Crippen molar-refractivity contribution in [2.24, 2.45) is 0 Å². The molecule has 0 bridgehead atoms. The van der Waals surface area contributed by atoms with E-state index in [9.17, 15) is 0 Å². The average Bonchev–Trinajstić information content (AvgIpc) is 3.25. The predicted molar refractivity (Wildman–Crippen MR) is 90.9 cm³/mol. The molecule has 112 valence electrons. The molecule has 0 aliphatic heterocycles. The number of benzene rings is 2. The molecule has 23 heavy (non-hydrogen) atoms. The third-order valence-corrected chi connectivity index (χ3v) is 3.82. The molecule has 0 saturated heterocycles. The van der Waals surface area contributed by atoms with Crippen LogP contribution in [-0.4, -0.2) is 19.6 Å². The fourth-order valence-electron chi connectivity index (χ4n) is 2.63. The summed E-state index contributed by atoms with van der Waals surface area (Å²) in [7, 11) is 0. The van der Waals surface area contributed by atoms with Crippen LogP contribution in [0.25, 0.3) is 22.8 Å². The highest BCUT2D eigenvalue weighted by molar-refractivity contribution is 5.68. The van der Waals surface area contributed by atoms with Crippen LogP contribution in [0.15, 0.2) is 79.1 Å². The highest BCUT2D eigenvalue weighted by atomic mass is 15.5. The van der Waals surface area contributed by atoms with Gasteiger partial charge in [-0.3, -0.25) is 0 Å². The summed E-state index contributed by atoms with van der Waals surface area (Å²) in [6.07, 6.45) is 4.02. The first kappa shape index (κ1) is 13.5. The van der Waals surface area contributed by atoms with Crippen LogP contribution >= 0.6 is 0 Å². The lowest BCUT2D eigenvalue weighted by Gasteiger charge is -2.09. The van der Waals surface area contributed by atoms with Crippen LogP contribution in [0, 0.1) is 6.92 Å². The van der Waals surface area contributed by atoms with Crippen LogP contribution in [0.1, 0.15) is 5.56 Å². The Kier molecular flexibility index (Phi) is 3.27. The van der Waals surface area contributed by atoms with E-state index in [-0.39, 0.29) is 0 Å². The van der Waals surface area contributed by atoms with Crippen molar-refractivity contribution in [3.05, 3.63) is 84.7 Å². The zero-order valence-corrected chi connectivity index (χ0v) is 12.8. The van der Waals surface area contributed by atoms with Gasteiger partial charge in [0.25, 0.3) is 0 Å². The van der Waals surface area contributed by atoms with Gasteiger partial charge in [0.2, 0.25) is 0 Å². The van der Waals surface area contributed by atoms with Crippen LogP contribution in [0.4, 0.5) is 0 Å². The molecule has 0 radical (unpaired) electrons. The van der Waals surface area contributed by atoms with Crippen molar-refractivity contribution in [3.63, 3.8) is 0 Å². The lowest BCUT2D eigenvalue weighted by atomic mass is 10.1. The minimum Gasteiger partial charge on any atom is -0.307 e. The molecule has 0 unspecified atom stereocenters. The van der Waals surface area contributed by atoms with E-state index in [0.717, 1.165) is 22.8 Å².